The van der Waals surface area contributed by atoms with Crippen LogP contribution in [0.3, 0.4) is 0 Å². The Morgan fingerprint density at radius 2 is 1.50 bits per heavy atom. The molecule has 0 aromatic heterocycles. The SMILES string of the molecule is CCOc1ccc(C(=O)OC(F)(F)F)c(OCC)c1OCC. The molecule has 0 amide bonds. The van der Waals surface area contributed by atoms with E-state index >= 15 is 0 Å². The van der Waals surface area contributed by atoms with Crippen molar-refractivity contribution in [2.24, 2.45) is 0 Å². The van der Waals surface area contributed by atoms with Gasteiger partial charge in [0.15, 0.2) is 11.5 Å². The van der Waals surface area contributed by atoms with E-state index in [9.17, 15) is 18.0 Å². The fourth-order valence-corrected chi connectivity index (χ4v) is 1.70. The number of carbonyl (C=O) groups excluding carboxylic acids is 1. The summed E-state index contributed by atoms with van der Waals surface area (Å²) in [4.78, 5) is 11.7. The first kappa shape index (κ1) is 17.9. The van der Waals surface area contributed by atoms with E-state index in [0.29, 0.717) is 6.61 Å². The van der Waals surface area contributed by atoms with E-state index in [4.69, 9.17) is 14.2 Å². The molecule has 0 heterocycles. The fourth-order valence-electron chi connectivity index (χ4n) is 1.70. The van der Waals surface area contributed by atoms with Crippen molar-refractivity contribution in [2.75, 3.05) is 19.8 Å². The predicted molar refractivity (Wildman–Crippen MR) is 71.4 cm³/mol. The van der Waals surface area contributed by atoms with Gasteiger partial charge in [0, 0.05) is 0 Å². The van der Waals surface area contributed by atoms with Crippen LogP contribution in [-0.2, 0) is 4.74 Å². The molecule has 0 aliphatic heterocycles. The molecule has 0 saturated heterocycles. The van der Waals surface area contributed by atoms with Gasteiger partial charge in [0.05, 0.1) is 19.8 Å². The molecule has 0 fully saturated rings. The Bertz CT molecular complexity index is 514. The zero-order valence-electron chi connectivity index (χ0n) is 12.5. The van der Waals surface area contributed by atoms with Crippen molar-refractivity contribution >= 4 is 5.97 Å². The lowest BCUT2D eigenvalue weighted by atomic mass is 10.1. The van der Waals surface area contributed by atoms with E-state index in [0.717, 1.165) is 6.07 Å². The van der Waals surface area contributed by atoms with Gasteiger partial charge in [-0.2, -0.15) is 0 Å². The molecule has 0 radical (unpaired) electrons. The van der Waals surface area contributed by atoms with E-state index < -0.39 is 12.3 Å². The van der Waals surface area contributed by atoms with Gasteiger partial charge in [-0.05, 0) is 32.9 Å². The second-order valence-electron chi connectivity index (χ2n) is 3.90. The van der Waals surface area contributed by atoms with Crippen LogP contribution in [0, 0.1) is 0 Å². The summed E-state index contributed by atoms with van der Waals surface area (Å²) in [6, 6.07) is 2.48. The standard InChI is InChI=1S/C14H17F3O5/c1-4-19-10-8-7-9(13(18)22-14(15,16)17)11(20-5-2)12(10)21-6-3/h7-8H,4-6H2,1-3H3. The number of hydrogen-bond donors (Lipinski definition) is 0. The molecule has 0 saturated carbocycles. The van der Waals surface area contributed by atoms with E-state index in [1.54, 1.807) is 20.8 Å². The smallest absolute Gasteiger partial charge is 0.490 e. The number of halogens is 3. The summed E-state index contributed by atoms with van der Waals surface area (Å²) in [5.41, 5.74) is -0.383. The van der Waals surface area contributed by atoms with Gasteiger partial charge >= 0.3 is 12.3 Å². The van der Waals surface area contributed by atoms with E-state index in [1.807, 2.05) is 0 Å². The van der Waals surface area contributed by atoms with Crippen molar-refractivity contribution < 1.29 is 36.9 Å². The summed E-state index contributed by atoms with van der Waals surface area (Å²) < 4.78 is 56.0. The van der Waals surface area contributed by atoms with Gasteiger partial charge < -0.3 is 18.9 Å². The highest BCUT2D eigenvalue weighted by molar-refractivity contribution is 5.94. The first-order chi connectivity index (χ1) is 10.3. The van der Waals surface area contributed by atoms with Crippen LogP contribution < -0.4 is 14.2 Å². The second-order valence-corrected chi connectivity index (χ2v) is 3.90. The molecule has 1 aromatic rings. The fraction of sp³-hybridized carbons (Fsp3) is 0.500. The van der Waals surface area contributed by atoms with Crippen LogP contribution in [0.25, 0.3) is 0 Å². The van der Waals surface area contributed by atoms with Gasteiger partial charge in [-0.3, -0.25) is 0 Å². The molecule has 0 atom stereocenters. The molecule has 5 nitrogen and oxygen atoms in total. The van der Waals surface area contributed by atoms with E-state index in [-0.39, 0.29) is 36.0 Å². The number of benzene rings is 1. The minimum absolute atomic E-state index is 0.0721. The molecule has 22 heavy (non-hydrogen) atoms. The summed E-state index contributed by atoms with van der Waals surface area (Å²) in [7, 11) is 0. The average Bonchev–Trinajstić information content (AvgIpc) is 2.41. The Balaban J connectivity index is 3.32. The third-order valence-corrected chi connectivity index (χ3v) is 2.38. The number of esters is 1. The summed E-state index contributed by atoms with van der Waals surface area (Å²) in [6.45, 7) is 5.72. The minimum atomic E-state index is -5.08. The van der Waals surface area contributed by atoms with Crippen molar-refractivity contribution in [2.45, 2.75) is 27.1 Å². The molecule has 0 aliphatic rings. The molecule has 0 N–H and O–H groups in total. The van der Waals surface area contributed by atoms with Crippen LogP contribution in [-0.4, -0.2) is 32.2 Å². The molecule has 8 heteroatoms. The highest BCUT2D eigenvalue weighted by Crippen LogP contribution is 2.41. The van der Waals surface area contributed by atoms with Crippen molar-refractivity contribution in [3.8, 4) is 17.2 Å². The first-order valence-electron chi connectivity index (χ1n) is 6.69. The van der Waals surface area contributed by atoms with Crippen LogP contribution in [0.5, 0.6) is 17.2 Å². The largest absolute Gasteiger partial charge is 0.575 e. The molecule has 0 aliphatic carbocycles. The van der Waals surface area contributed by atoms with Crippen molar-refractivity contribution in [3.63, 3.8) is 0 Å². The molecule has 0 bridgehead atoms. The molecule has 1 rings (SSSR count). The Labute approximate surface area is 125 Å². The lowest BCUT2D eigenvalue weighted by molar-refractivity contribution is -0.291. The molecular weight excluding hydrogens is 305 g/mol. The maximum atomic E-state index is 12.2. The Hall–Kier alpha value is -2.12. The zero-order chi connectivity index (χ0) is 16.8. The first-order valence-corrected chi connectivity index (χ1v) is 6.69. The normalized spacial score (nSPS) is 11.0. The minimum Gasteiger partial charge on any atom is -0.490 e. The quantitative estimate of drug-likeness (QED) is 0.719. The molecule has 0 unspecified atom stereocenters. The highest BCUT2D eigenvalue weighted by atomic mass is 19.4. The Morgan fingerprint density at radius 1 is 0.955 bits per heavy atom. The zero-order valence-corrected chi connectivity index (χ0v) is 12.5. The molecular formula is C14H17F3O5. The van der Waals surface area contributed by atoms with Crippen LogP contribution in [0.2, 0.25) is 0 Å². The Kier molecular flexibility index (Phi) is 6.33. The van der Waals surface area contributed by atoms with Crippen LogP contribution in [0.1, 0.15) is 31.1 Å². The monoisotopic (exact) mass is 322 g/mol. The summed E-state index contributed by atoms with van der Waals surface area (Å²) >= 11 is 0. The van der Waals surface area contributed by atoms with Gasteiger partial charge in [0.25, 0.3) is 0 Å². The van der Waals surface area contributed by atoms with Crippen molar-refractivity contribution in [1.82, 2.24) is 0 Å². The number of alkyl halides is 3. The Morgan fingerprint density at radius 3 is 2.00 bits per heavy atom. The van der Waals surface area contributed by atoms with Crippen molar-refractivity contribution in [1.29, 1.82) is 0 Å². The van der Waals surface area contributed by atoms with Crippen LogP contribution in [0.4, 0.5) is 13.2 Å². The van der Waals surface area contributed by atoms with Crippen molar-refractivity contribution in [3.05, 3.63) is 17.7 Å². The highest BCUT2D eigenvalue weighted by Gasteiger charge is 2.36. The summed E-state index contributed by atoms with van der Waals surface area (Å²) in [6.07, 6.45) is -5.08. The molecule has 0 spiro atoms. The average molecular weight is 322 g/mol. The topological polar surface area (TPSA) is 54.0 Å². The lowest BCUT2D eigenvalue weighted by Gasteiger charge is -2.18. The van der Waals surface area contributed by atoms with Gasteiger partial charge in [-0.25, -0.2) is 4.79 Å². The number of carbonyl (C=O) groups is 1. The van der Waals surface area contributed by atoms with E-state index in [2.05, 4.69) is 4.74 Å². The number of hydrogen-bond acceptors (Lipinski definition) is 5. The molecule has 124 valence electrons. The summed E-state index contributed by atoms with van der Waals surface area (Å²) in [5.74, 6) is -1.36. The van der Waals surface area contributed by atoms with Gasteiger partial charge in [0.2, 0.25) is 5.75 Å². The lowest BCUT2D eigenvalue weighted by Crippen LogP contribution is -2.20. The van der Waals surface area contributed by atoms with Gasteiger partial charge in [0.1, 0.15) is 5.56 Å². The van der Waals surface area contributed by atoms with Gasteiger partial charge in [-0.15, -0.1) is 13.2 Å². The maximum absolute atomic E-state index is 12.2. The third kappa shape index (κ3) is 4.71. The van der Waals surface area contributed by atoms with Crippen LogP contribution in [0.15, 0.2) is 12.1 Å². The number of ether oxygens (including phenoxy) is 4. The predicted octanol–water partition coefficient (Wildman–Crippen LogP) is 3.56. The number of rotatable bonds is 7. The summed E-state index contributed by atoms with van der Waals surface area (Å²) in [5, 5.41) is 0. The maximum Gasteiger partial charge on any atom is 0.575 e. The van der Waals surface area contributed by atoms with Gasteiger partial charge in [-0.1, -0.05) is 0 Å². The van der Waals surface area contributed by atoms with E-state index in [1.165, 1.54) is 6.07 Å². The van der Waals surface area contributed by atoms with Crippen LogP contribution >= 0.6 is 0 Å². The second kappa shape index (κ2) is 7.77. The third-order valence-electron chi connectivity index (χ3n) is 2.38. The molecule has 1 aromatic carbocycles.